The van der Waals surface area contributed by atoms with Gasteiger partial charge in [-0.2, -0.15) is 0 Å². The number of aryl methyl sites for hydroxylation is 1. The average Bonchev–Trinajstić information content (AvgIpc) is 3.15. The van der Waals surface area contributed by atoms with Crippen molar-refractivity contribution in [3.8, 4) is 11.5 Å². The Labute approximate surface area is 188 Å². The van der Waals surface area contributed by atoms with Crippen LogP contribution < -0.4 is 0 Å². The first-order valence-electron chi connectivity index (χ1n) is 9.22. The molecule has 2 aromatic carbocycles. The fourth-order valence-electron chi connectivity index (χ4n) is 2.79. The summed E-state index contributed by atoms with van der Waals surface area (Å²) in [6, 6.07) is 13.4. The van der Waals surface area contributed by atoms with Crippen molar-refractivity contribution in [2.75, 3.05) is 12.3 Å². The van der Waals surface area contributed by atoms with Crippen molar-refractivity contribution >= 4 is 45.2 Å². The zero-order valence-corrected chi connectivity index (χ0v) is 19.4. The number of benzene rings is 2. The normalized spacial score (nSPS) is 10.9. The van der Waals surface area contributed by atoms with E-state index in [0.29, 0.717) is 34.7 Å². The number of hydrogen-bond acceptors (Lipinski definition) is 5. The van der Waals surface area contributed by atoms with Gasteiger partial charge in [0.25, 0.3) is 0 Å². The summed E-state index contributed by atoms with van der Waals surface area (Å²) < 4.78 is 6.79. The second-order valence-corrected chi connectivity index (χ2v) is 8.83. The van der Waals surface area contributed by atoms with Crippen LogP contribution in [0.5, 0.6) is 0 Å². The van der Waals surface area contributed by atoms with Gasteiger partial charge in [-0.15, -0.1) is 22.0 Å². The Morgan fingerprint density at radius 2 is 2.03 bits per heavy atom. The van der Waals surface area contributed by atoms with Gasteiger partial charge in [0.05, 0.1) is 22.9 Å². The maximum Gasteiger partial charge on any atom is 0.249 e. The molecule has 0 saturated heterocycles. The highest BCUT2D eigenvalue weighted by atomic mass is 79.9. The maximum atomic E-state index is 12.8. The minimum absolute atomic E-state index is 0.0386. The van der Waals surface area contributed by atoms with Crippen LogP contribution in [0.15, 0.2) is 56.2 Å². The van der Waals surface area contributed by atoms with Crippen molar-refractivity contribution in [3.05, 3.63) is 63.4 Å². The first kappa shape index (κ1) is 21.9. The monoisotopic (exact) mass is 493 g/mol. The molecule has 1 aromatic heterocycles. The summed E-state index contributed by atoms with van der Waals surface area (Å²) in [4.78, 5) is 15.7. The topological polar surface area (TPSA) is 59.2 Å². The molecule has 5 nitrogen and oxygen atoms in total. The smallest absolute Gasteiger partial charge is 0.249 e. The number of rotatable bonds is 8. The van der Waals surface area contributed by atoms with Crippen molar-refractivity contribution in [1.29, 1.82) is 0 Å². The number of aromatic nitrogens is 2. The molecule has 1 heterocycles. The maximum absolute atomic E-state index is 12.8. The van der Waals surface area contributed by atoms with Crippen LogP contribution >= 0.6 is 39.3 Å². The highest BCUT2D eigenvalue weighted by Gasteiger charge is 2.18. The molecule has 0 unspecified atom stereocenters. The molecular formula is C21H21BrClN3O2S. The van der Waals surface area contributed by atoms with Crippen molar-refractivity contribution in [2.24, 2.45) is 0 Å². The predicted molar refractivity (Wildman–Crippen MR) is 120 cm³/mol. The molecule has 8 heteroatoms. The van der Waals surface area contributed by atoms with E-state index in [0.717, 1.165) is 21.4 Å². The van der Waals surface area contributed by atoms with E-state index >= 15 is 0 Å². The van der Waals surface area contributed by atoms with Gasteiger partial charge in [0.15, 0.2) is 0 Å². The quantitative estimate of drug-likeness (QED) is 0.360. The highest BCUT2D eigenvalue weighted by Crippen LogP contribution is 2.27. The Morgan fingerprint density at radius 3 is 2.76 bits per heavy atom. The van der Waals surface area contributed by atoms with Gasteiger partial charge in [0, 0.05) is 15.9 Å². The molecule has 0 aliphatic carbocycles. The summed E-state index contributed by atoms with van der Waals surface area (Å²) in [6.45, 7) is 4.98. The zero-order valence-electron chi connectivity index (χ0n) is 16.2. The Morgan fingerprint density at radius 1 is 1.24 bits per heavy atom. The molecule has 0 spiro atoms. The summed E-state index contributed by atoms with van der Waals surface area (Å²) in [6.07, 6.45) is 0.846. The summed E-state index contributed by atoms with van der Waals surface area (Å²) >= 11 is 11.2. The van der Waals surface area contributed by atoms with Crippen LogP contribution in [0.4, 0.5) is 0 Å². The molecule has 3 rings (SSSR count). The van der Waals surface area contributed by atoms with Crippen LogP contribution in [0, 0.1) is 6.92 Å². The summed E-state index contributed by atoms with van der Waals surface area (Å²) in [5, 5.41) is 8.73. The van der Waals surface area contributed by atoms with Gasteiger partial charge < -0.3 is 9.32 Å². The van der Waals surface area contributed by atoms with Gasteiger partial charge in [-0.25, -0.2) is 0 Å². The standard InChI is InChI=1S/C21H21BrClN3O2S/c1-3-10-26(20(27)13-29-18-9-8-15(22)11-14(18)2)12-19-24-25-21(28-19)16-6-4-5-7-17(16)23/h4-9,11H,3,10,12-13H2,1-2H3. The van der Waals surface area contributed by atoms with Crippen LogP contribution in [0.25, 0.3) is 11.5 Å². The fraction of sp³-hybridized carbons (Fsp3) is 0.286. The first-order valence-corrected chi connectivity index (χ1v) is 11.4. The lowest BCUT2D eigenvalue weighted by Crippen LogP contribution is -2.32. The summed E-state index contributed by atoms with van der Waals surface area (Å²) in [5.41, 5.74) is 1.82. The first-order chi connectivity index (χ1) is 14.0. The van der Waals surface area contributed by atoms with Crippen molar-refractivity contribution in [2.45, 2.75) is 31.7 Å². The summed E-state index contributed by atoms with van der Waals surface area (Å²) in [5.74, 6) is 1.14. The Hall–Kier alpha value is -1.83. The molecule has 3 aromatic rings. The lowest BCUT2D eigenvalue weighted by atomic mass is 10.2. The van der Waals surface area contributed by atoms with Crippen LogP contribution in [-0.4, -0.2) is 33.3 Å². The van der Waals surface area contributed by atoms with Crippen molar-refractivity contribution in [1.82, 2.24) is 15.1 Å². The van der Waals surface area contributed by atoms with Gasteiger partial charge in [-0.1, -0.05) is 46.6 Å². The molecule has 1 amide bonds. The predicted octanol–water partition coefficient (Wildman–Crippen LogP) is 5.99. The lowest BCUT2D eigenvalue weighted by Gasteiger charge is -2.20. The number of carbonyl (C=O) groups excluding carboxylic acids is 1. The molecule has 152 valence electrons. The highest BCUT2D eigenvalue weighted by molar-refractivity contribution is 9.10. The number of hydrogen-bond donors (Lipinski definition) is 0. The second kappa shape index (κ2) is 10.3. The molecule has 29 heavy (non-hydrogen) atoms. The average molecular weight is 495 g/mol. The van der Waals surface area contributed by atoms with Gasteiger partial charge in [0.2, 0.25) is 17.7 Å². The molecule has 0 atom stereocenters. The third kappa shape index (κ3) is 5.84. The summed E-state index contributed by atoms with van der Waals surface area (Å²) in [7, 11) is 0. The Kier molecular flexibility index (Phi) is 7.75. The van der Waals surface area contributed by atoms with Crippen LogP contribution in [0.3, 0.4) is 0 Å². The Balaban J connectivity index is 1.66. The number of halogens is 2. The largest absolute Gasteiger partial charge is 0.419 e. The third-order valence-corrected chi connectivity index (χ3v) is 6.21. The van der Waals surface area contributed by atoms with E-state index in [-0.39, 0.29) is 12.5 Å². The minimum Gasteiger partial charge on any atom is -0.419 e. The molecule has 0 radical (unpaired) electrons. The van der Waals surface area contributed by atoms with Gasteiger partial charge >= 0.3 is 0 Å². The van der Waals surface area contributed by atoms with Crippen molar-refractivity contribution < 1.29 is 9.21 Å². The molecule has 0 saturated carbocycles. The van der Waals surface area contributed by atoms with E-state index < -0.39 is 0 Å². The van der Waals surface area contributed by atoms with E-state index in [1.807, 2.05) is 50.2 Å². The van der Waals surface area contributed by atoms with Crippen LogP contribution in [0.1, 0.15) is 24.8 Å². The van der Waals surface area contributed by atoms with E-state index in [1.165, 1.54) is 11.8 Å². The molecule has 0 fully saturated rings. The lowest BCUT2D eigenvalue weighted by molar-refractivity contribution is -0.129. The number of carbonyl (C=O) groups is 1. The van der Waals surface area contributed by atoms with Crippen molar-refractivity contribution in [3.63, 3.8) is 0 Å². The minimum atomic E-state index is 0.0386. The van der Waals surface area contributed by atoms with E-state index in [1.54, 1.807) is 11.0 Å². The van der Waals surface area contributed by atoms with E-state index in [9.17, 15) is 4.79 Å². The number of nitrogens with zero attached hydrogens (tertiary/aromatic N) is 3. The second-order valence-electron chi connectivity index (χ2n) is 6.49. The van der Waals surface area contributed by atoms with Gasteiger partial charge in [0.1, 0.15) is 0 Å². The van der Waals surface area contributed by atoms with Crippen LogP contribution in [0.2, 0.25) is 5.02 Å². The Bertz CT molecular complexity index is 996. The molecule has 0 N–H and O–H groups in total. The molecule has 0 aliphatic rings. The SMILES string of the molecule is CCCN(Cc1nnc(-c2ccccc2Cl)o1)C(=O)CSc1ccc(Br)cc1C. The fourth-order valence-corrected chi connectivity index (χ4v) is 4.40. The number of amides is 1. The van der Waals surface area contributed by atoms with E-state index in [2.05, 4.69) is 26.1 Å². The zero-order chi connectivity index (χ0) is 20.8. The molecule has 0 bridgehead atoms. The van der Waals surface area contributed by atoms with Gasteiger partial charge in [-0.3, -0.25) is 4.79 Å². The third-order valence-electron chi connectivity index (χ3n) is 4.23. The van der Waals surface area contributed by atoms with E-state index in [4.69, 9.17) is 16.0 Å². The molecule has 0 aliphatic heterocycles. The van der Waals surface area contributed by atoms with Crippen LogP contribution in [-0.2, 0) is 11.3 Å². The van der Waals surface area contributed by atoms with Gasteiger partial charge in [-0.05, 0) is 49.2 Å². The molecular weight excluding hydrogens is 474 g/mol. The number of thioether (sulfide) groups is 1.